The van der Waals surface area contributed by atoms with Gasteiger partial charge in [0.2, 0.25) is 0 Å². The van der Waals surface area contributed by atoms with Gasteiger partial charge in [0.15, 0.2) is 12.4 Å². The molecule has 0 aliphatic carbocycles. The van der Waals surface area contributed by atoms with Crippen molar-refractivity contribution in [2.45, 2.75) is 50.8 Å². The predicted molar refractivity (Wildman–Crippen MR) is 118 cm³/mol. The van der Waals surface area contributed by atoms with Crippen LogP contribution in [0, 0.1) is 6.92 Å². The van der Waals surface area contributed by atoms with Crippen LogP contribution in [0.25, 0.3) is 0 Å². The monoisotopic (exact) mass is 458 g/mol. The molecule has 0 saturated heterocycles. The summed E-state index contributed by atoms with van der Waals surface area (Å²) >= 11 is 0. The summed E-state index contributed by atoms with van der Waals surface area (Å²) in [5.41, 5.74) is 1.96. The van der Waals surface area contributed by atoms with E-state index < -0.39 is 41.2 Å². The van der Waals surface area contributed by atoms with E-state index in [-0.39, 0.29) is 13.2 Å². The van der Waals surface area contributed by atoms with Gasteiger partial charge in [0.05, 0.1) is 22.3 Å². The van der Waals surface area contributed by atoms with Crippen LogP contribution in [0.15, 0.2) is 70.5 Å². The Hall–Kier alpha value is -2.81. The maximum atomic E-state index is 13.4. The molecule has 2 aromatic carbocycles. The van der Waals surface area contributed by atoms with Crippen LogP contribution in [0.3, 0.4) is 0 Å². The van der Waals surface area contributed by atoms with Crippen LogP contribution in [0.5, 0.6) is 0 Å². The van der Waals surface area contributed by atoms with Gasteiger partial charge in [0.1, 0.15) is 12.7 Å². The molecular formula is C24H26O7S. The summed E-state index contributed by atoms with van der Waals surface area (Å²) in [6.07, 6.45) is -1.17. The molecule has 3 rings (SSSR count). The molecule has 0 aromatic heterocycles. The average Bonchev–Trinajstić information content (AvgIpc) is 2.77. The molecule has 2 aromatic rings. The number of hydrogen-bond donors (Lipinski definition) is 0. The summed E-state index contributed by atoms with van der Waals surface area (Å²) in [6.45, 7) is 4.54. The number of carbonyl (C=O) groups is 2. The lowest BCUT2D eigenvalue weighted by atomic mass is 10.1. The number of carbonyl (C=O) groups excluding carboxylic acids is 2. The van der Waals surface area contributed by atoms with Crippen LogP contribution in [0.2, 0.25) is 0 Å². The van der Waals surface area contributed by atoms with Gasteiger partial charge in [-0.05, 0) is 30.7 Å². The molecule has 1 heterocycles. The van der Waals surface area contributed by atoms with Crippen molar-refractivity contribution >= 4 is 22.7 Å². The fourth-order valence-corrected chi connectivity index (χ4v) is 4.44. The molecule has 32 heavy (non-hydrogen) atoms. The van der Waals surface area contributed by atoms with Gasteiger partial charge < -0.3 is 18.9 Å². The number of benzene rings is 2. The van der Waals surface area contributed by atoms with Crippen molar-refractivity contribution in [3.05, 3.63) is 76.7 Å². The minimum Gasteiger partial charge on any atom is -0.463 e. The van der Waals surface area contributed by atoms with Gasteiger partial charge in [0, 0.05) is 18.7 Å². The highest BCUT2D eigenvalue weighted by molar-refractivity contribution is 7.89. The molecule has 0 N–H and O–H groups in total. The van der Waals surface area contributed by atoms with Crippen molar-refractivity contribution in [3.63, 3.8) is 0 Å². The Labute approximate surface area is 189 Å². The predicted octanol–water partition coefficient (Wildman–Crippen LogP) is 3.42. The van der Waals surface area contributed by atoms with Crippen molar-refractivity contribution in [1.82, 2.24) is 0 Å². The molecule has 8 heteroatoms. The van der Waals surface area contributed by atoms with Crippen LogP contribution >= 0.6 is 0 Å². The molecule has 0 fully saturated rings. The molecule has 0 radical (unpaired) electrons. The smallest absolute Gasteiger partial charge is 0.303 e. The van der Waals surface area contributed by atoms with Gasteiger partial charge in [-0.1, -0.05) is 48.0 Å². The van der Waals surface area contributed by atoms with Crippen LogP contribution in [0.1, 0.15) is 25.0 Å². The minimum absolute atomic E-state index is 0.180. The first kappa shape index (κ1) is 23.8. The number of rotatable bonds is 8. The fraction of sp³-hybridized carbons (Fsp3) is 0.333. The molecule has 0 spiro atoms. The molecule has 1 aliphatic rings. The van der Waals surface area contributed by atoms with Crippen molar-refractivity contribution in [2.24, 2.45) is 0 Å². The Kier molecular flexibility index (Phi) is 8.33. The highest BCUT2D eigenvalue weighted by Gasteiger charge is 2.39. The first-order valence-corrected chi connectivity index (χ1v) is 11.3. The second-order valence-electron chi connectivity index (χ2n) is 7.32. The number of esters is 2. The van der Waals surface area contributed by atoms with E-state index in [1.54, 1.807) is 18.2 Å². The highest BCUT2D eigenvalue weighted by Crippen LogP contribution is 2.30. The van der Waals surface area contributed by atoms with E-state index >= 15 is 0 Å². The van der Waals surface area contributed by atoms with E-state index in [4.69, 9.17) is 18.9 Å². The molecule has 170 valence electrons. The van der Waals surface area contributed by atoms with E-state index in [0.717, 1.165) is 11.1 Å². The zero-order chi connectivity index (χ0) is 23.1. The number of ether oxygens (including phenoxy) is 4. The summed E-state index contributed by atoms with van der Waals surface area (Å²) in [7, 11) is -1.64. The van der Waals surface area contributed by atoms with Crippen molar-refractivity contribution in [1.29, 1.82) is 0 Å². The zero-order valence-corrected chi connectivity index (χ0v) is 19.0. The third-order valence-corrected chi connectivity index (χ3v) is 6.17. The standard InChI is InChI=1S/C24H26O7S/c1-16-9-11-20(12-10-16)32(27)22-13-23(29-14-19-7-5-4-6-8-19)31-21(15-28-17(2)25)24(22)30-18(3)26/h4-13,21,23-24H,14-15H2,1-3H3/t21-,23+,24-,32?/m1/s1. The Bertz CT molecular complexity index is 985. The molecule has 0 amide bonds. The Balaban J connectivity index is 1.91. The van der Waals surface area contributed by atoms with Gasteiger partial charge in [-0.3, -0.25) is 9.59 Å². The third kappa shape index (κ3) is 6.59. The maximum absolute atomic E-state index is 13.4. The average molecular weight is 459 g/mol. The van der Waals surface area contributed by atoms with Crippen molar-refractivity contribution in [3.8, 4) is 0 Å². The molecule has 7 nitrogen and oxygen atoms in total. The SMILES string of the molecule is CC(=O)OC[C@H]1O[C@H](OCc2ccccc2)C=C(S(=O)c2ccc(C)cc2)[C@@H]1OC(C)=O. The van der Waals surface area contributed by atoms with E-state index in [9.17, 15) is 13.8 Å². The lowest BCUT2D eigenvalue weighted by Gasteiger charge is -2.34. The molecule has 4 atom stereocenters. The first-order valence-electron chi connectivity index (χ1n) is 10.1. The summed E-state index contributed by atoms with van der Waals surface area (Å²) in [4.78, 5) is 24.1. The van der Waals surface area contributed by atoms with Gasteiger partial charge in [-0.2, -0.15) is 0 Å². The molecule has 1 unspecified atom stereocenters. The second kappa shape index (κ2) is 11.2. The summed E-state index contributed by atoms with van der Waals surface area (Å²) < 4.78 is 35.8. The topological polar surface area (TPSA) is 88.1 Å². The minimum atomic E-state index is -1.64. The first-order chi connectivity index (χ1) is 15.3. The fourth-order valence-electron chi connectivity index (χ4n) is 3.14. The Morgan fingerprint density at radius 3 is 2.31 bits per heavy atom. The normalized spacial score (nSPS) is 21.3. The lowest BCUT2D eigenvalue weighted by Crippen LogP contribution is -2.45. The summed E-state index contributed by atoms with van der Waals surface area (Å²) in [5.74, 6) is -1.07. The Morgan fingerprint density at radius 2 is 1.69 bits per heavy atom. The van der Waals surface area contributed by atoms with Crippen LogP contribution < -0.4 is 0 Å². The van der Waals surface area contributed by atoms with Crippen LogP contribution in [0.4, 0.5) is 0 Å². The van der Waals surface area contributed by atoms with Crippen molar-refractivity contribution < 1.29 is 32.7 Å². The summed E-state index contributed by atoms with van der Waals surface area (Å²) in [6, 6.07) is 16.7. The molecule has 0 bridgehead atoms. The maximum Gasteiger partial charge on any atom is 0.303 e. The summed E-state index contributed by atoms with van der Waals surface area (Å²) in [5, 5.41) is 0. The van der Waals surface area contributed by atoms with Crippen molar-refractivity contribution in [2.75, 3.05) is 6.61 Å². The van der Waals surface area contributed by atoms with E-state index in [2.05, 4.69) is 0 Å². The largest absolute Gasteiger partial charge is 0.463 e. The van der Waals surface area contributed by atoms with Crippen LogP contribution in [-0.2, 0) is 45.9 Å². The van der Waals surface area contributed by atoms with Gasteiger partial charge in [0.25, 0.3) is 0 Å². The lowest BCUT2D eigenvalue weighted by molar-refractivity contribution is -0.200. The highest BCUT2D eigenvalue weighted by atomic mass is 32.2. The number of aryl methyl sites for hydroxylation is 1. The molecular weight excluding hydrogens is 432 g/mol. The third-order valence-electron chi connectivity index (χ3n) is 4.68. The molecule has 0 saturated carbocycles. The van der Waals surface area contributed by atoms with E-state index in [1.807, 2.05) is 49.4 Å². The zero-order valence-electron chi connectivity index (χ0n) is 18.2. The van der Waals surface area contributed by atoms with Gasteiger partial charge >= 0.3 is 11.9 Å². The van der Waals surface area contributed by atoms with Gasteiger partial charge in [-0.15, -0.1) is 0 Å². The van der Waals surface area contributed by atoms with E-state index in [1.165, 1.54) is 13.8 Å². The van der Waals surface area contributed by atoms with E-state index in [0.29, 0.717) is 9.80 Å². The number of hydrogen-bond acceptors (Lipinski definition) is 7. The van der Waals surface area contributed by atoms with Crippen LogP contribution in [-0.4, -0.2) is 41.3 Å². The molecule has 1 aliphatic heterocycles. The van der Waals surface area contributed by atoms with Gasteiger partial charge in [-0.25, -0.2) is 4.21 Å². The Morgan fingerprint density at radius 1 is 1.00 bits per heavy atom. The quantitative estimate of drug-likeness (QED) is 0.560. The second-order valence-corrected chi connectivity index (χ2v) is 8.80.